The SMILES string of the molecule is CNC(=O)C(C)N(Cc1c(Cl)cccc1Cl)C(=O)CSCc1ccc(Cl)c(Cl)c1. The molecule has 29 heavy (non-hydrogen) atoms. The Balaban J connectivity index is 2.11. The molecule has 1 unspecified atom stereocenters. The van der Waals surface area contributed by atoms with Gasteiger partial charge in [-0.1, -0.05) is 58.5 Å². The van der Waals surface area contributed by atoms with Crippen LogP contribution in [0, 0.1) is 0 Å². The number of nitrogens with zero attached hydrogens (tertiary/aromatic N) is 1. The topological polar surface area (TPSA) is 49.4 Å². The third-order valence-electron chi connectivity index (χ3n) is 4.28. The van der Waals surface area contributed by atoms with E-state index < -0.39 is 6.04 Å². The zero-order chi connectivity index (χ0) is 21.6. The molecule has 1 atom stereocenters. The molecular formula is C20H20Cl4N2O2S. The third kappa shape index (κ3) is 6.69. The molecule has 156 valence electrons. The van der Waals surface area contributed by atoms with Gasteiger partial charge in [0.1, 0.15) is 6.04 Å². The second-order valence-corrected chi connectivity index (χ2v) is 8.87. The molecule has 1 N–H and O–H groups in total. The lowest BCUT2D eigenvalue weighted by Crippen LogP contribution is -2.47. The normalized spacial score (nSPS) is 11.8. The van der Waals surface area contributed by atoms with Crippen LogP contribution < -0.4 is 5.32 Å². The maximum absolute atomic E-state index is 12.9. The Hall–Kier alpha value is -1.11. The highest BCUT2D eigenvalue weighted by atomic mass is 35.5. The monoisotopic (exact) mass is 492 g/mol. The largest absolute Gasteiger partial charge is 0.357 e. The molecule has 0 saturated carbocycles. The Bertz CT molecular complexity index is 875. The second-order valence-electron chi connectivity index (χ2n) is 6.25. The van der Waals surface area contributed by atoms with Crippen LogP contribution in [0.5, 0.6) is 0 Å². The van der Waals surface area contributed by atoms with E-state index in [0.29, 0.717) is 31.4 Å². The lowest BCUT2D eigenvalue weighted by Gasteiger charge is -2.29. The van der Waals surface area contributed by atoms with E-state index in [-0.39, 0.29) is 24.1 Å². The first-order valence-electron chi connectivity index (χ1n) is 8.70. The first-order valence-corrected chi connectivity index (χ1v) is 11.4. The van der Waals surface area contributed by atoms with Gasteiger partial charge in [-0.25, -0.2) is 0 Å². The molecular weight excluding hydrogens is 474 g/mol. The molecule has 0 radical (unpaired) electrons. The van der Waals surface area contributed by atoms with E-state index in [9.17, 15) is 9.59 Å². The van der Waals surface area contributed by atoms with Crippen molar-refractivity contribution in [3.63, 3.8) is 0 Å². The summed E-state index contributed by atoms with van der Waals surface area (Å²) in [4.78, 5) is 26.6. The standard InChI is InChI=1S/C20H20Cl4N2O2S/c1-12(20(28)25-2)26(9-14-15(21)4-3-5-16(14)22)19(27)11-29-10-13-6-7-17(23)18(24)8-13/h3-8,12H,9-11H2,1-2H3,(H,25,28). The minimum Gasteiger partial charge on any atom is -0.357 e. The average Bonchev–Trinajstić information content (AvgIpc) is 2.69. The maximum Gasteiger partial charge on any atom is 0.242 e. The van der Waals surface area contributed by atoms with Crippen LogP contribution in [0.4, 0.5) is 0 Å². The highest BCUT2D eigenvalue weighted by Crippen LogP contribution is 2.28. The van der Waals surface area contributed by atoms with E-state index in [1.54, 1.807) is 37.3 Å². The van der Waals surface area contributed by atoms with Gasteiger partial charge in [0.25, 0.3) is 0 Å². The summed E-state index contributed by atoms with van der Waals surface area (Å²) in [5, 5.41) is 4.43. The first-order chi connectivity index (χ1) is 13.7. The van der Waals surface area contributed by atoms with Gasteiger partial charge in [-0.05, 0) is 36.8 Å². The van der Waals surface area contributed by atoms with Crippen LogP contribution in [0.25, 0.3) is 0 Å². The molecule has 0 bridgehead atoms. The number of hydrogen-bond acceptors (Lipinski definition) is 3. The Morgan fingerprint density at radius 3 is 2.28 bits per heavy atom. The molecule has 0 saturated heterocycles. The molecule has 0 aliphatic heterocycles. The van der Waals surface area contributed by atoms with E-state index in [1.807, 2.05) is 6.07 Å². The van der Waals surface area contributed by atoms with Crippen LogP contribution in [0.3, 0.4) is 0 Å². The van der Waals surface area contributed by atoms with Crippen molar-refractivity contribution in [1.82, 2.24) is 10.2 Å². The fourth-order valence-corrected chi connectivity index (χ4v) is 4.31. The van der Waals surface area contributed by atoms with E-state index in [1.165, 1.54) is 23.7 Å². The highest BCUT2D eigenvalue weighted by Gasteiger charge is 2.26. The summed E-state index contributed by atoms with van der Waals surface area (Å²) in [5.74, 6) is 0.305. The van der Waals surface area contributed by atoms with Gasteiger partial charge in [0, 0.05) is 35.0 Å². The Kier molecular flexibility index (Phi) is 9.44. The summed E-state index contributed by atoms with van der Waals surface area (Å²) in [5.41, 5.74) is 1.56. The van der Waals surface area contributed by atoms with E-state index >= 15 is 0 Å². The predicted octanol–water partition coefficient (Wildman–Crippen LogP) is 5.70. The maximum atomic E-state index is 12.9. The minimum atomic E-state index is -0.676. The molecule has 0 heterocycles. The first kappa shape index (κ1) is 24.2. The predicted molar refractivity (Wildman–Crippen MR) is 123 cm³/mol. The van der Waals surface area contributed by atoms with Crippen molar-refractivity contribution in [3.8, 4) is 0 Å². The lowest BCUT2D eigenvalue weighted by molar-refractivity contribution is -0.138. The minimum absolute atomic E-state index is 0.138. The van der Waals surface area contributed by atoms with Crippen LogP contribution in [0.15, 0.2) is 36.4 Å². The number of amides is 2. The summed E-state index contributed by atoms with van der Waals surface area (Å²) in [7, 11) is 1.53. The molecule has 2 rings (SSSR count). The summed E-state index contributed by atoms with van der Waals surface area (Å²) in [6, 6.07) is 9.82. The molecule has 2 aromatic rings. The smallest absolute Gasteiger partial charge is 0.242 e. The number of rotatable bonds is 8. The molecule has 4 nitrogen and oxygen atoms in total. The molecule has 0 fully saturated rings. The van der Waals surface area contributed by atoms with Gasteiger partial charge >= 0.3 is 0 Å². The van der Waals surface area contributed by atoms with Crippen molar-refractivity contribution in [2.45, 2.75) is 25.3 Å². The van der Waals surface area contributed by atoms with Crippen LogP contribution in [0.1, 0.15) is 18.1 Å². The lowest BCUT2D eigenvalue weighted by atomic mass is 10.1. The van der Waals surface area contributed by atoms with Crippen molar-refractivity contribution >= 4 is 70.0 Å². The number of thioether (sulfide) groups is 1. The van der Waals surface area contributed by atoms with Gasteiger partial charge in [0.15, 0.2) is 0 Å². The zero-order valence-corrected chi connectivity index (χ0v) is 19.7. The summed E-state index contributed by atoms with van der Waals surface area (Å²) < 4.78 is 0. The number of carbonyl (C=O) groups is 2. The number of halogens is 4. The molecule has 0 aliphatic rings. The number of hydrogen-bond donors (Lipinski definition) is 1. The molecule has 0 aromatic heterocycles. The van der Waals surface area contributed by atoms with Crippen LogP contribution in [-0.4, -0.2) is 35.6 Å². The summed E-state index contributed by atoms with van der Waals surface area (Å²) in [6.45, 7) is 1.81. The van der Waals surface area contributed by atoms with Gasteiger partial charge in [0.05, 0.1) is 15.8 Å². The van der Waals surface area contributed by atoms with Gasteiger partial charge in [-0.2, -0.15) is 0 Å². The van der Waals surface area contributed by atoms with E-state index in [2.05, 4.69) is 5.32 Å². The number of carbonyl (C=O) groups excluding carboxylic acids is 2. The van der Waals surface area contributed by atoms with Crippen molar-refractivity contribution in [2.75, 3.05) is 12.8 Å². The fourth-order valence-electron chi connectivity index (χ4n) is 2.61. The van der Waals surface area contributed by atoms with Gasteiger partial charge in [0.2, 0.25) is 11.8 Å². The number of likely N-dealkylation sites (N-methyl/N-ethyl adjacent to an activating group) is 1. The number of nitrogens with one attached hydrogen (secondary N) is 1. The van der Waals surface area contributed by atoms with Crippen molar-refractivity contribution in [2.24, 2.45) is 0 Å². The Labute approximate surface area is 194 Å². The molecule has 0 spiro atoms. The van der Waals surface area contributed by atoms with Crippen molar-refractivity contribution in [3.05, 3.63) is 67.6 Å². The molecule has 2 aromatic carbocycles. The van der Waals surface area contributed by atoms with Crippen LogP contribution in [0.2, 0.25) is 20.1 Å². The van der Waals surface area contributed by atoms with Gasteiger partial charge < -0.3 is 10.2 Å². The van der Waals surface area contributed by atoms with Crippen LogP contribution in [-0.2, 0) is 21.9 Å². The van der Waals surface area contributed by atoms with Crippen molar-refractivity contribution < 1.29 is 9.59 Å². The van der Waals surface area contributed by atoms with Gasteiger partial charge in [-0.15, -0.1) is 11.8 Å². The van der Waals surface area contributed by atoms with E-state index in [4.69, 9.17) is 46.4 Å². The van der Waals surface area contributed by atoms with E-state index in [0.717, 1.165) is 5.56 Å². The molecule has 9 heteroatoms. The number of benzene rings is 2. The quantitative estimate of drug-likeness (QED) is 0.513. The summed E-state index contributed by atoms with van der Waals surface area (Å²) >= 11 is 25.9. The van der Waals surface area contributed by atoms with Crippen LogP contribution >= 0.6 is 58.2 Å². The van der Waals surface area contributed by atoms with Crippen molar-refractivity contribution in [1.29, 1.82) is 0 Å². The Morgan fingerprint density at radius 2 is 1.69 bits per heavy atom. The van der Waals surface area contributed by atoms with Gasteiger partial charge in [-0.3, -0.25) is 9.59 Å². The summed E-state index contributed by atoms with van der Waals surface area (Å²) in [6.07, 6.45) is 0. The zero-order valence-electron chi connectivity index (χ0n) is 15.8. The average molecular weight is 494 g/mol. The fraction of sp³-hybridized carbons (Fsp3) is 0.300. The molecule has 2 amide bonds. The Morgan fingerprint density at radius 1 is 1.03 bits per heavy atom. The second kappa shape index (κ2) is 11.3. The molecule has 0 aliphatic carbocycles. The highest BCUT2D eigenvalue weighted by molar-refractivity contribution is 7.99. The third-order valence-corrected chi connectivity index (χ3v) is 6.72.